The van der Waals surface area contributed by atoms with Crippen molar-refractivity contribution in [2.45, 2.75) is 13.8 Å². The zero-order valence-electron chi connectivity index (χ0n) is 7.86. The number of hydrogen-bond acceptors (Lipinski definition) is 5. The molecule has 1 aromatic rings. The molecule has 1 rings (SSSR count). The number of aromatic nitrogens is 1. The molecule has 0 saturated carbocycles. The molecule has 1 N–H and O–H groups in total. The Morgan fingerprint density at radius 1 is 1.64 bits per heavy atom. The van der Waals surface area contributed by atoms with Crippen molar-refractivity contribution in [2.24, 2.45) is 0 Å². The van der Waals surface area contributed by atoms with Gasteiger partial charge in [-0.25, -0.2) is 4.79 Å². The van der Waals surface area contributed by atoms with Crippen LogP contribution in [0.15, 0.2) is 10.7 Å². The minimum Gasteiger partial charge on any atom is -0.459 e. The van der Waals surface area contributed by atoms with Gasteiger partial charge in [-0.3, -0.25) is 10.1 Å². The number of ether oxygens (including phenoxy) is 1. The topological polar surface area (TPSA) is 81.4 Å². The molecule has 6 heteroatoms. The van der Waals surface area contributed by atoms with E-state index in [1.807, 2.05) is 0 Å². The number of hydrogen-bond donors (Lipinski definition) is 1. The maximum Gasteiger partial charge on any atom is 0.397 e. The van der Waals surface area contributed by atoms with E-state index in [9.17, 15) is 9.59 Å². The first-order chi connectivity index (χ1) is 6.63. The molecule has 0 aliphatic carbocycles. The minimum absolute atomic E-state index is 0.0134. The summed E-state index contributed by atoms with van der Waals surface area (Å²) in [5.74, 6) is -1.85. The fourth-order valence-electron chi connectivity index (χ4n) is 0.756. The van der Waals surface area contributed by atoms with Crippen molar-refractivity contribution < 1.29 is 18.7 Å². The van der Waals surface area contributed by atoms with Crippen molar-refractivity contribution in [3.8, 4) is 0 Å². The zero-order valence-corrected chi connectivity index (χ0v) is 7.86. The Kier molecular flexibility index (Phi) is 3.22. The monoisotopic (exact) mass is 198 g/mol. The quantitative estimate of drug-likeness (QED) is 0.552. The molecular weight excluding hydrogens is 188 g/mol. The highest BCUT2D eigenvalue weighted by atomic mass is 16.5. The van der Waals surface area contributed by atoms with Crippen LogP contribution in [-0.4, -0.2) is 23.5 Å². The average Bonchev–Trinajstić information content (AvgIpc) is 2.51. The first-order valence-electron chi connectivity index (χ1n) is 4.03. The van der Waals surface area contributed by atoms with Gasteiger partial charge >= 0.3 is 17.9 Å². The molecule has 0 aliphatic heterocycles. The van der Waals surface area contributed by atoms with Gasteiger partial charge in [-0.2, -0.15) is 4.98 Å². The molecule has 0 bridgehead atoms. The number of aryl methyl sites for hydroxylation is 1. The SMILES string of the molecule is CCOC(=O)C(=O)Nc1nc(C)co1. The van der Waals surface area contributed by atoms with Gasteiger partial charge in [0.15, 0.2) is 0 Å². The molecule has 1 heterocycles. The first kappa shape index (κ1) is 10.2. The van der Waals surface area contributed by atoms with Gasteiger partial charge in [-0.05, 0) is 13.8 Å². The number of amides is 1. The fraction of sp³-hybridized carbons (Fsp3) is 0.375. The molecule has 1 amide bonds. The van der Waals surface area contributed by atoms with E-state index in [0.29, 0.717) is 5.69 Å². The van der Waals surface area contributed by atoms with Crippen LogP contribution in [0.25, 0.3) is 0 Å². The molecule has 0 aromatic carbocycles. The Morgan fingerprint density at radius 3 is 2.86 bits per heavy atom. The zero-order chi connectivity index (χ0) is 10.6. The summed E-state index contributed by atoms with van der Waals surface area (Å²) in [7, 11) is 0. The van der Waals surface area contributed by atoms with Crippen molar-refractivity contribution in [2.75, 3.05) is 11.9 Å². The van der Waals surface area contributed by atoms with E-state index in [1.54, 1.807) is 13.8 Å². The predicted octanol–water partition coefficient (Wildman–Crippen LogP) is 0.485. The molecule has 0 spiro atoms. The number of rotatable bonds is 2. The molecule has 76 valence electrons. The van der Waals surface area contributed by atoms with E-state index in [-0.39, 0.29) is 12.6 Å². The smallest absolute Gasteiger partial charge is 0.397 e. The molecule has 0 radical (unpaired) electrons. The number of carbonyl (C=O) groups is 2. The summed E-state index contributed by atoms with van der Waals surface area (Å²) in [5, 5.41) is 2.16. The summed E-state index contributed by atoms with van der Waals surface area (Å²) < 4.78 is 9.27. The summed E-state index contributed by atoms with van der Waals surface area (Å²) in [5.41, 5.74) is 0.615. The Morgan fingerprint density at radius 2 is 2.36 bits per heavy atom. The highest BCUT2D eigenvalue weighted by molar-refractivity contribution is 6.37. The third kappa shape index (κ3) is 2.58. The van der Waals surface area contributed by atoms with Crippen LogP contribution in [0, 0.1) is 6.92 Å². The molecule has 0 atom stereocenters. The average molecular weight is 198 g/mol. The maximum atomic E-state index is 11.0. The highest BCUT2D eigenvalue weighted by Crippen LogP contribution is 2.05. The Labute approximate surface area is 80.3 Å². The number of anilines is 1. The minimum atomic E-state index is -0.955. The lowest BCUT2D eigenvalue weighted by Gasteiger charge is -1.99. The second-order valence-electron chi connectivity index (χ2n) is 2.47. The van der Waals surface area contributed by atoms with Gasteiger partial charge in [0.1, 0.15) is 6.26 Å². The van der Waals surface area contributed by atoms with E-state index >= 15 is 0 Å². The van der Waals surface area contributed by atoms with Gasteiger partial charge < -0.3 is 9.15 Å². The fourth-order valence-corrected chi connectivity index (χ4v) is 0.756. The van der Waals surface area contributed by atoms with Crippen LogP contribution in [0.2, 0.25) is 0 Å². The van der Waals surface area contributed by atoms with Crippen molar-refractivity contribution in [3.63, 3.8) is 0 Å². The van der Waals surface area contributed by atoms with E-state index < -0.39 is 11.9 Å². The lowest BCUT2D eigenvalue weighted by atomic mass is 10.6. The maximum absolute atomic E-state index is 11.0. The number of oxazole rings is 1. The molecule has 0 unspecified atom stereocenters. The van der Waals surface area contributed by atoms with Crippen LogP contribution >= 0.6 is 0 Å². The van der Waals surface area contributed by atoms with Gasteiger partial charge in [-0.1, -0.05) is 0 Å². The molecule has 0 saturated heterocycles. The van der Waals surface area contributed by atoms with Crippen LogP contribution in [-0.2, 0) is 14.3 Å². The number of esters is 1. The van der Waals surface area contributed by atoms with E-state index in [1.165, 1.54) is 6.26 Å². The lowest BCUT2D eigenvalue weighted by molar-refractivity contribution is -0.152. The van der Waals surface area contributed by atoms with Crippen LogP contribution in [0.1, 0.15) is 12.6 Å². The van der Waals surface area contributed by atoms with Crippen molar-refractivity contribution in [3.05, 3.63) is 12.0 Å². The van der Waals surface area contributed by atoms with Crippen LogP contribution in [0.3, 0.4) is 0 Å². The first-order valence-corrected chi connectivity index (χ1v) is 4.03. The van der Waals surface area contributed by atoms with E-state index in [4.69, 9.17) is 4.42 Å². The van der Waals surface area contributed by atoms with E-state index in [0.717, 1.165) is 0 Å². The Bertz CT molecular complexity index is 345. The summed E-state index contributed by atoms with van der Waals surface area (Å²) >= 11 is 0. The highest BCUT2D eigenvalue weighted by Gasteiger charge is 2.16. The van der Waals surface area contributed by atoms with Crippen LogP contribution < -0.4 is 5.32 Å². The summed E-state index contributed by atoms with van der Waals surface area (Å²) in [4.78, 5) is 25.7. The third-order valence-electron chi connectivity index (χ3n) is 1.30. The Balaban J connectivity index is 2.53. The van der Waals surface area contributed by atoms with Crippen molar-refractivity contribution in [1.82, 2.24) is 4.98 Å². The summed E-state index contributed by atoms with van der Waals surface area (Å²) in [6.45, 7) is 3.46. The van der Waals surface area contributed by atoms with Gasteiger partial charge in [0, 0.05) is 0 Å². The summed E-state index contributed by atoms with van der Waals surface area (Å²) in [6, 6.07) is -0.0134. The van der Waals surface area contributed by atoms with Crippen LogP contribution in [0.4, 0.5) is 6.01 Å². The third-order valence-corrected chi connectivity index (χ3v) is 1.30. The standard InChI is InChI=1S/C8H10N2O4/c1-3-13-7(12)6(11)10-8-9-5(2)4-14-8/h4H,3H2,1-2H3,(H,9,10,11). The van der Waals surface area contributed by atoms with Gasteiger partial charge in [-0.15, -0.1) is 0 Å². The molecule has 0 aliphatic rings. The van der Waals surface area contributed by atoms with Gasteiger partial charge in [0.2, 0.25) is 0 Å². The second-order valence-corrected chi connectivity index (χ2v) is 2.47. The van der Waals surface area contributed by atoms with Crippen molar-refractivity contribution >= 4 is 17.9 Å². The molecule has 0 fully saturated rings. The molecule has 1 aromatic heterocycles. The lowest BCUT2D eigenvalue weighted by Crippen LogP contribution is -2.25. The largest absolute Gasteiger partial charge is 0.459 e. The molecule has 14 heavy (non-hydrogen) atoms. The molecular formula is C8H10N2O4. The molecule has 6 nitrogen and oxygen atoms in total. The van der Waals surface area contributed by atoms with Gasteiger partial charge in [0.05, 0.1) is 12.3 Å². The second kappa shape index (κ2) is 4.40. The number of carbonyl (C=O) groups excluding carboxylic acids is 2. The number of nitrogens with one attached hydrogen (secondary N) is 1. The summed E-state index contributed by atoms with van der Waals surface area (Å²) in [6.07, 6.45) is 1.36. The number of nitrogens with zero attached hydrogens (tertiary/aromatic N) is 1. The predicted molar refractivity (Wildman–Crippen MR) is 46.5 cm³/mol. The van der Waals surface area contributed by atoms with Gasteiger partial charge in [0.25, 0.3) is 0 Å². The van der Waals surface area contributed by atoms with E-state index in [2.05, 4.69) is 15.0 Å². The Hall–Kier alpha value is -1.85. The normalized spacial score (nSPS) is 9.57. The van der Waals surface area contributed by atoms with Crippen LogP contribution in [0.5, 0.6) is 0 Å². The van der Waals surface area contributed by atoms with Crippen molar-refractivity contribution in [1.29, 1.82) is 0 Å².